The van der Waals surface area contributed by atoms with Crippen molar-refractivity contribution >= 4 is 11.8 Å². The summed E-state index contributed by atoms with van der Waals surface area (Å²) in [5.41, 5.74) is 0.561. The largest absolute Gasteiger partial charge is 0.326 e. The molecule has 0 atom stereocenters. The molecule has 0 saturated carbocycles. The quantitative estimate of drug-likeness (QED) is 0.249. The Morgan fingerprint density at radius 3 is 2.07 bits per heavy atom. The van der Waals surface area contributed by atoms with Gasteiger partial charge in [0, 0.05) is 31.4 Å². The van der Waals surface area contributed by atoms with E-state index in [2.05, 4.69) is 0 Å². The second-order valence-corrected chi connectivity index (χ2v) is 6.96. The Balaban J connectivity index is 2.11. The van der Waals surface area contributed by atoms with Gasteiger partial charge in [-0.2, -0.15) is 4.89 Å². The van der Waals surface area contributed by atoms with Crippen molar-refractivity contribution < 1.29 is 28.8 Å². The molecule has 154 valence electrons. The van der Waals surface area contributed by atoms with Gasteiger partial charge >= 0.3 is 5.97 Å². The minimum atomic E-state index is -1.54. The summed E-state index contributed by atoms with van der Waals surface area (Å²) >= 11 is 0. The number of amides is 2. The van der Waals surface area contributed by atoms with E-state index in [4.69, 9.17) is 19.2 Å². The maximum atomic E-state index is 12.1. The van der Waals surface area contributed by atoms with Crippen LogP contribution < -0.4 is 0 Å². The van der Waals surface area contributed by atoms with Gasteiger partial charge in [-0.1, -0.05) is 30.3 Å². The summed E-state index contributed by atoms with van der Waals surface area (Å²) in [4.78, 5) is 36.7. The Morgan fingerprint density at radius 1 is 0.964 bits per heavy atom. The maximum absolute atomic E-state index is 12.1. The van der Waals surface area contributed by atoms with E-state index in [-0.39, 0.29) is 24.8 Å². The molecular formula is C21H29NO6. The van der Waals surface area contributed by atoms with Crippen LogP contribution in [0.15, 0.2) is 42.0 Å². The molecule has 0 saturated heterocycles. The standard InChI is InChI=1S/C21H29NO6/c1-6-25-21(26-7-2,13-14-22-18(23)15-16(3)19(22)24)28-27-20(4,5)17-11-9-8-10-12-17/h8-12,15H,6-7,13-14H2,1-5H3. The van der Waals surface area contributed by atoms with Crippen LogP contribution in [-0.4, -0.2) is 42.4 Å². The number of hydrogen-bond donors (Lipinski definition) is 0. The van der Waals surface area contributed by atoms with Gasteiger partial charge in [-0.25, -0.2) is 4.89 Å². The van der Waals surface area contributed by atoms with Gasteiger partial charge in [-0.15, -0.1) is 0 Å². The Bertz CT molecular complexity index is 707. The fourth-order valence-corrected chi connectivity index (χ4v) is 2.87. The van der Waals surface area contributed by atoms with Gasteiger partial charge in [0.05, 0.1) is 6.42 Å². The number of benzene rings is 1. The highest BCUT2D eigenvalue weighted by atomic mass is 17.3. The Hall–Kier alpha value is -2.06. The van der Waals surface area contributed by atoms with Crippen molar-refractivity contribution in [2.45, 2.75) is 52.6 Å². The molecule has 0 fully saturated rings. The first kappa shape index (κ1) is 22.2. The number of imide groups is 1. The highest BCUT2D eigenvalue weighted by Gasteiger charge is 2.40. The molecule has 0 aromatic heterocycles. The number of rotatable bonds is 11. The lowest BCUT2D eigenvalue weighted by molar-refractivity contribution is -0.531. The maximum Gasteiger partial charge on any atom is 0.313 e. The molecule has 0 unspecified atom stereocenters. The minimum absolute atomic E-state index is 0.0840. The van der Waals surface area contributed by atoms with E-state index in [0.717, 1.165) is 10.5 Å². The lowest BCUT2D eigenvalue weighted by Gasteiger charge is -2.35. The zero-order valence-corrected chi connectivity index (χ0v) is 17.2. The Morgan fingerprint density at radius 2 is 1.57 bits per heavy atom. The topological polar surface area (TPSA) is 74.3 Å². The molecule has 2 rings (SSSR count). The SMILES string of the molecule is CCOC(CCN1C(=O)C=C(C)C1=O)(OCC)OOC(C)(C)c1ccccc1. The van der Waals surface area contributed by atoms with Crippen LogP contribution in [0.3, 0.4) is 0 Å². The first-order valence-corrected chi connectivity index (χ1v) is 9.49. The van der Waals surface area contributed by atoms with E-state index < -0.39 is 11.6 Å². The summed E-state index contributed by atoms with van der Waals surface area (Å²) in [6.07, 6.45) is 1.43. The van der Waals surface area contributed by atoms with Crippen LogP contribution in [0.5, 0.6) is 0 Å². The van der Waals surface area contributed by atoms with Crippen molar-refractivity contribution in [2.75, 3.05) is 19.8 Å². The molecule has 0 N–H and O–H groups in total. The van der Waals surface area contributed by atoms with Gasteiger partial charge in [0.25, 0.3) is 11.8 Å². The smallest absolute Gasteiger partial charge is 0.313 e. The molecule has 28 heavy (non-hydrogen) atoms. The molecule has 1 heterocycles. The summed E-state index contributed by atoms with van der Waals surface area (Å²) in [7, 11) is 0. The molecule has 7 nitrogen and oxygen atoms in total. The van der Waals surface area contributed by atoms with Gasteiger partial charge < -0.3 is 9.47 Å². The third-order valence-corrected chi connectivity index (χ3v) is 4.40. The van der Waals surface area contributed by atoms with Crippen LogP contribution in [0.2, 0.25) is 0 Å². The lowest BCUT2D eigenvalue weighted by atomic mass is 9.99. The van der Waals surface area contributed by atoms with Crippen molar-refractivity contribution in [3.8, 4) is 0 Å². The minimum Gasteiger partial charge on any atom is -0.326 e. The number of nitrogens with zero attached hydrogens (tertiary/aromatic N) is 1. The lowest BCUT2D eigenvalue weighted by Crippen LogP contribution is -2.45. The van der Waals surface area contributed by atoms with E-state index in [1.807, 2.05) is 44.2 Å². The molecule has 2 amide bonds. The fourth-order valence-electron chi connectivity index (χ4n) is 2.87. The van der Waals surface area contributed by atoms with E-state index in [0.29, 0.717) is 18.8 Å². The predicted octanol–water partition coefficient (Wildman–Crippen LogP) is 3.30. The van der Waals surface area contributed by atoms with E-state index in [1.165, 1.54) is 6.08 Å². The van der Waals surface area contributed by atoms with Crippen LogP contribution in [0.4, 0.5) is 0 Å². The van der Waals surface area contributed by atoms with Crippen molar-refractivity contribution in [1.82, 2.24) is 4.90 Å². The molecule has 1 aromatic rings. The molecule has 7 heteroatoms. The summed E-state index contributed by atoms with van der Waals surface area (Å²) in [5, 5.41) is 0. The zero-order valence-electron chi connectivity index (χ0n) is 17.2. The van der Waals surface area contributed by atoms with Gasteiger partial charge in [0.2, 0.25) is 0 Å². The second-order valence-electron chi connectivity index (χ2n) is 6.96. The van der Waals surface area contributed by atoms with Gasteiger partial charge in [0.15, 0.2) is 0 Å². The fraction of sp³-hybridized carbons (Fsp3) is 0.524. The third kappa shape index (κ3) is 5.26. The number of carbonyl (C=O) groups excluding carboxylic acids is 2. The van der Waals surface area contributed by atoms with Crippen LogP contribution in [0.25, 0.3) is 0 Å². The van der Waals surface area contributed by atoms with Crippen LogP contribution in [-0.2, 0) is 34.4 Å². The summed E-state index contributed by atoms with van der Waals surface area (Å²) < 4.78 is 11.4. The zero-order chi connectivity index (χ0) is 20.8. The first-order chi connectivity index (χ1) is 13.2. The summed E-state index contributed by atoms with van der Waals surface area (Å²) in [6.45, 7) is 9.63. The Labute approximate surface area is 166 Å². The van der Waals surface area contributed by atoms with Crippen LogP contribution >= 0.6 is 0 Å². The number of carbonyl (C=O) groups is 2. The van der Waals surface area contributed by atoms with Crippen molar-refractivity contribution in [1.29, 1.82) is 0 Å². The van der Waals surface area contributed by atoms with E-state index >= 15 is 0 Å². The molecule has 1 aromatic carbocycles. The predicted molar refractivity (Wildman–Crippen MR) is 103 cm³/mol. The van der Waals surface area contributed by atoms with Crippen molar-refractivity contribution in [2.24, 2.45) is 0 Å². The Kier molecular flexibility index (Phi) is 7.48. The highest BCUT2D eigenvalue weighted by Crippen LogP contribution is 2.30. The molecule has 0 aliphatic carbocycles. The van der Waals surface area contributed by atoms with Crippen LogP contribution in [0, 0.1) is 0 Å². The van der Waals surface area contributed by atoms with E-state index in [9.17, 15) is 9.59 Å². The molecule has 1 aliphatic heterocycles. The summed E-state index contributed by atoms with van der Waals surface area (Å²) in [6, 6.07) is 9.62. The van der Waals surface area contributed by atoms with Gasteiger partial charge in [-0.3, -0.25) is 14.5 Å². The molecule has 1 aliphatic rings. The average Bonchev–Trinajstić information content (AvgIpc) is 2.91. The average molecular weight is 391 g/mol. The molecule has 0 bridgehead atoms. The van der Waals surface area contributed by atoms with Gasteiger partial charge in [0.1, 0.15) is 5.60 Å². The molecule has 0 radical (unpaired) electrons. The number of ether oxygens (including phenoxy) is 2. The molecular weight excluding hydrogens is 362 g/mol. The summed E-state index contributed by atoms with van der Waals surface area (Å²) in [5.74, 6) is -2.21. The highest BCUT2D eigenvalue weighted by molar-refractivity contribution is 6.15. The van der Waals surface area contributed by atoms with Crippen LogP contribution in [0.1, 0.15) is 46.6 Å². The van der Waals surface area contributed by atoms with Gasteiger partial charge in [-0.05, 0) is 40.2 Å². The van der Waals surface area contributed by atoms with Crippen molar-refractivity contribution in [3.63, 3.8) is 0 Å². The second kappa shape index (κ2) is 9.43. The monoisotopic (exact) mass is 391 g/mol. The van der Waals surface area contributed by atoms with E-state index in [1.54, 1.807) is 20.8 Å². The normalized spacial score (nSPS) is 15.3. The van der Waals surface area contributed by atoms with Crippen molar-refractivity contribution in [3.05, 3.63) is 47.5 Å². The first-order valence-electron chi connectivity index (χ1n) is 9.49. The third-order valence-electron chi connectivity index (χ3n) is 4.40. The molecule has 0 spiro atoms. The number of hydrogen-bond acceptors (Lipinski definition) is 6.